The second kappa shape index (κ2) is 5.70. The van der Waals surface area contributed by atoms with Crippen LogP contribution in [0.4, 0.5) is 5.69 Å². The summed E-state index contributed by atoms with van der Waals surface area (Å²) < 4.78 is 0. The third-order valence-electron chi connectivity index (χ3n) is 3.03. The van der Waals surface area contributed by atoms with Crippen molar-refractivity contribution in [2.75, 3.05) is 18.1 Å². The lowest BCUT2D eigenvalue weighted by molar-refractivity contribution is -0.117. The molecule has 2 rings (SSSR count). The Morgan fingerprint density at radius 2 is 2.28 bits per heavy atom. The summed E-state index contributed by atoms with van der Waals surface area (Å²) in [7, 11) is 0. The zero-order valence-corrected chi connectivity index (χ0v) is 10.6. The highest BCUT2D eigenvalue weighted by Crippen LogP contribution is 2.25. The first-order valence-electron chi connectivity index (χ1n) is 6.23. The number of rotatable bonds is 2. The maximum absolute atomic E-state index is 11.7. The maximum Gasteiger partial charge on any atom is 0.227 e. The van der Waals surface area contributed by atoms with Crippen LogP contribution in [0.5, 0.6) is 0 Å². The molecule has 0 aliphatic carbocycles. The van der Waals surface area contributed by atoms with Crippen LogP contribution in [-0.2, 0) is 4.79 Å². The monoisotopic (exact) mass is 243 g/mol. The zero-order valence-electron chi connectivity index (χ0n) is 10.6. The van der Waals surface area contributed by atoms with Gasteiger partial charge in [0, 0.05) is 30.6 Å². The Hall–Kier alpha value is -1.79. The Balaban J connectivity index is 2.20. The quantitative estimate of drug-likeness (QED) is 0.805. The van der Waals surface area contributed by atoms with E-state index in [-0.39, 0.29) is 12.5 Å². The Morgan fingerprint density at radius 1 is 1.44 bits per heavy atom. The highest BCUT2D eigenvalue weighted by Gasteiger charge is 2.22. The number of carbonyl (C=O) groups is 1. The first-order chi connectivity index (χ1) is 8.72. The van der Waals surface area contributed by atoms with Crippen molar-refractivity contribution in [3.8, 4) is 11.8 Å². The largest absolute Gasteiger partial charge is 0.395 e. The predicted molar refractivity (Wildman–Crippen MR) is 71.3 cm³/mol. The van der Waals surface area contributed by atoms with Gasteiger partial charge in [0.1, 0.15) is 0 Å². The molecule has 3 nitrogen and oxygen atoms in total. The molecule has 0 atom stereocenters. The Kier molecular flexibility index (Phi) is 4.01. The van der Waals surface area contributed by atoms with Gasteiger partial charge in [-0.25, -0.2) is 0 Å². The highest BCUT2D eigenvalue weighted by molar-refractivity contribution is 5.96. The third-order valence-corrected chi connectivity index (χ3v) is 3.03. The lowest BCUT2D eigenvalue weighted by Gasteiger charge is -2.18. The van der Waals surface area contributed by atoms with Gasteiger partial charge in [-0.3, -0.25) is 4.79 Å². The molecule has 1 aliphatic heterocycles. The molecule has 3 heteroatoms. The van der Waals surface area contributed by atoms with Crippen molar-refractivity contribution >= 4 is 11.6 Å². The second-order valence-electron chi connectivity index (χ2n) is 4.43. The lowest BCUT2D eigenvalue weighted by atomic mass is 10.1. The van der Waals surface area contributed by atoms with E-state index < -0.39 is 0 Å². The summed E-state index contributed by atoms with van der Waals surface area (Å²) >= 11 is 0. The van der Waals surface area contributed by atoms with Crippen molar-refractivity contribution in [2.24, 2.45) is 0 Å². The lowest BCUT2D eigenvalue weighted by Crippen LogP contribution is -2.24. The van der Waals surface area contributed by atoms with Gasteiger partial charge in [-0.15, -0.1) is 0 Å². The first-order valence-corrected chi connectivity index (χ1v) is 6.23. The van der Waals surface area contributed by atoms with Crippen LogP contribution in [0.2, 0.25) is 0 Å². The number of aliphatic hydroxyl groups excluding tert-OH is 1. The summed E-state index contributed by atoms with van der Waals surface area (Å²) in [6.07, 6.45) is 2.08. The molecule has 1 fully saturated rings. The number of hydrogen-bond acceptors (Lipinski definition) is 2. The standard InChI is InChI=1S/C15H17NO2/c1-12-11-13(5-2-3-10-17)7-8-14(12)16-9-4-6-15(16)18/h7-8,11,17H,3-4,6,9-10H2,1H3. The number of benzene rings is 1. The van der Waals surface area contributed by atoms with Crippen LogP contribution in [0.1, 0.15) is 30.4 Å². The molecule has 18 heavy (non-hydrogen) atoms. The summed E-state index contributed by atoms with van der Waals surface area (Å²) in [5.41, 5.74) is 2.99. The Labute approximate surface area is 107 Å². The minimum Gasteiger partial charge on any atom is -0.395 e. The summed E-state index contributed by atoms with van der Waals surface area (Å²) in [4.78, 5) is 13.5. The van der Waals surface area contributed by atoms with E-state index in [4.69, 9.17) is 5.11 Å². The number of carbonyl (C=O) groups excluding carboxylic acids is 1. The fraction of sp³-hybridized carbons (Fsp3) is 0.400. The fourth-order valence-electron chi connectivity index (χ4n) is 2.16. The van der Waals surface area contributed by atoms with Crippen LogP contribution in [-0.4, -0.2) is 24.2 Å². The molecule has 0 bridgehead atoms. The molecule has 1 aliphatic rings. The average molecular weight is 243 g/mol. The minimum atomic E-state index is 0.0896. The SMILES string of the molecule is Cc1cc(C#CCCO)ccc1N1CCCC1=O. The molecule has 1 saturated heterocycles. The van der Waals surface area contributed by atoms with Crippen LogP contribution in [0.3, 0.4) is 0 Å². The van der Waals surface area contributed by atoms with E-state index in [0.29, 0.717) is 12.8 Å². The molecule has 1 heterocycles. The molecule has 1 N–H and O–H groups in total. The normalized spacial score (nSPS) is 14.6. The number of anilines is 1. The second-order valence-corrected chi connectivity index (χ2v) is 4.43. The van der Waals surface area contributed by atoms with E-state index in [1.807, 2.05) is 30.0 Å². The van der Waals surface area contributed by atoms with Crippen molar-refractivity contribution in [1.82, 2.24) is 0 Å². The highest BCUT2D eigenvalue weighted by atomic mass is 16.2. The maximum atomic E-state index is 11.7. The summed E-state index contributed by atoms with van der Waals surface area (Å²) in [5.74, 6) is 6.10. The number of aryl methyl sites for hydroxylation is 1. The molecule has 1 aromatic rings. The van der Waals surface area contributed by atoms with E-state index in [1.54, 1.807) is 0 Å². The van der Waals surface area contributed by atoms with Gasteiger partial charge in [-0.2, -0.15) is 0 Å². The van der Waals surface area contributed by atoms with Crippen molar-refractivity contribution in [2.45, 2.75) is 26.2 Å². The van der Waals surface area contributed by atoms with Crippen molar-refractivity contribution in [1.29, 1.82) is 0 Å². The molecule has 1 aromatic carbocycles. The van der Waals surface area contributed by atoms with Crippen LogP contribution in [0, 0.1) is 18.8 Å². The predicted octanol–water partition coefficient (Wildman–Crippen LogP) is 1.86. The van der Waals surface area contributed by atoms with E-state index in [1.165, 1.54) is 0 Å². The van der Waals surface area contributed by atoms with Crippen molar-refractivity contribution in [3.05, 3.63) is 29.3 Å². The fourth-order valence-corrected chi connectivity index (χ4v) is 2.16. The minimum absolute atomic E-state index is 0.0896. The van der Waals surface area contributed by atoms with E-state index in [0.717, 1.165) is 29.8 Å². The van der Waals surface area contributed by atoms with Gasteiger partial charge in [0.2, 0.25) is 5.91 Å². The van der Waals surface area contributed by atoms with Gasteiger partial charge in [0.15, 0.2) is 0 Å². The zero-order chi connectivity index (χ0) is 13.0. The smallest absolute Gasteiger partial charge is 0.227 e. The van der Waals surface area contributed by atoms with Gasteiger partial charge in [0.25, 0.3) is 0 Å². The molecule has 94 valence electrons. The molecule has 0 saturated carbocycles. The third kappa shape index (κ3) is 2.72. The molecular formula is C15H17NO2. The molecule has 1 amide bonds. The van der Waals surface area contributed by atoms with Crippen LogP contribution in [0.15, 0.2) is 18.2 Å². The van der Waals surface area contributed by atoms with Gasteiger partial charge in [0.05, 0.1) is 6.61 Å². The first kappa shape index (κ1) is 12.7. The number of nitrogens with zero attached hydrogens (tertiary/aromatic N) is 1. The van der Waals surface area contributed by atoms with E-state index >= 15 is 0 Å². The van der Waals surface area contributed by atoms with Crippen molar-refractivity contribution < 1.29 is 9.90 Å². The molecule has 0 radical (unpaired) electrons. The number of hydrogen-bond donors (Lipinski definition) is 1. The number of amides is 1. The molecule has 0 aromatic heterocycles. The summed E-state index contributed by atoms with van der Waals surface area (Å²) in [6, 6.07) is 5.88. The van der Waals surface area contributed by atoms with Gasteiger partial charge in [-0.05, 0) is 37.1 Å². The Morgan fingerprint density at radius 3 is 2.89 bits per heavy atom. The topological polar surface area (TPSA) is 40.5 Å². The van der Waals surface area contributed by atoms with Crippen molar-refractivity contribution in [3.63, 3.8) is 0 Å². The summed E-state index contributed by atoms with van der Waals surface area (Å²) in [6.45, 7) is 2.90. The Bertz CT molecular complexity index is 511. The van der Waals surface area contributed by atoms with Crippen LogP contribution >= 0.6 is 0 Å². The van der Waals surface area contributed by atoms with Gasteiger partial charge >= 0.3 is 0 Å². The van der Waals surface area contributed by atoms with Gasteiger partial charge in [-0.1, -0.05) is 11.8 Å². The molecule has 0 unspecified atom stereocenters. The molecular weight excluding hydrogens is 226 g/mol. The van der Waals surface area contributed by atoms with E-state index in [2.05, 4.69) is 11.8 Å². The van der Waals surface area contributed by atoms with Crippen LogP contribution in [0.25, 0.3) is 0 Å². The summed E-state index contributed by atoms with van der Waals surface area (Å²) in [5, 5.41) is 8.67. The molecule has 0 spiro atoms. The average Bonchev–Trinajstić information content (AvgIpc) is 2.76. The van der Waals surface area contributed by atoms with Gasteiger partial charge < -0.3 is 10.0 Å². The van der Waals surface area contributed by atoms with Crippen LogP contribution < -0.4 is 4.90 Å². The number of aliphatic hydroxyl groups is 1. The van der Waals surface area contributed by atoms with E-state index in [9.17, 15) is 4.79 Å².